The van der Waals surface area contributed by atoms with E-state index < -0.39 is 54.8 Å². The normalized spacial score (nSPS) is 22.8. The van der Waals surface area contributed by atoms with Crippen molar-refractivity contribution >= 4 is 23.8 Å². The second-order valence-electron chi connectivity index (χ2n) is 8.18. The summed E-state index contributed by atoms with van der Waals surface area (Å²) in [7, 11) is 0. The number of aliphatic hydroxyl groups excluding tert-OH is 1. The highest BCUT2D eigenvalue weighted by Crippen LogP contribution is 2.33. The Morgan fingerprint density at radius 3 is 2.50 bits per heavy atom. The lowest BCUT2D eigenvalue weighted by atomic mass is 10.0. The molecular formula is C23H33N2O9+. The number of carbonyl (C=O) groups excluding carboxylic acids is 4. The first kappa shape index (κ1) is 27.2. The third kappa shape index (κ3) is 7.22. The first-order chi connectivity index (χ1) is 16.1. The minimum atomic E-state index is -1.64. The van der Waals surface area contributed by atoms with Crippen LogP contribution in [0.3, 0.4) is 0 Å². The first-order valence-electron chi connectivity index (χ1n) is 11.2. The minimum absolute atomic E-state index is 0.196. The number of amides is 1. The molecule has 1 aliphatic rings. The lowest BCUT2D eigenvalue weighted by molar-refractivity contribution is -0.765. The van der Waals surface area contributed by atoms with Gasteiger partial charge in [0.05, 0.1) is 6.42 Å². The van der Waals surface area contributed by atoms with E-state index in [1.807, 2.05) is 13.8 Å². The molecule has 188 valence electrons. The number of primary amides is 1. The molecule has 1 saturated heterocycles. The second-order valence-corrected chi connectivity index (χ2v) is 8.18. The van der Waals surface area contributed by atoms with Gasteiger partial charge in [-0.2, -0.15) is 4.57 Å². The Labute approximate surface area is 198 Å². The number of hydrogen-bond donors (Lipinski definition) is 2. The molecule has 11 heteroatoms. The number of esters is 3. The van der Waals surface area contributed by atoms with E-state index in [-0.39, 0.29) is 24.2 Å². The fourth-order valence-electron chi connectivity index (χ4n) is 3.61. The Balaban J connectivity index is 2.02. The Morgan fingerprint density at radius 1 is 1.24 bits per heavy atom. The molecule has 3 N–H and O–H groups in total. The molecule has 2 heterocycles. The Morgan fingerprint density at radius 2 is 1.91 bits per heavy atom. The standard InChI is InChI=1S/C23H32N2O9/c1-5-16(6-2)33-23(30)17(27)10-19(28)31-12-18-13(3)20(32-14(4)26)22(34-18)25-9-7-8-15(11-25)21(24)29/h7-9,11,13,16-18,20,22,27H,5-6,10,12H2,1-4H3,(H-,24,29)/p+1/t13-,17+,18-,20?,22-/m1/s1. The quantitative estimate of drug-likeness (QED) is 0.262. The highest BCUT2D eigenvalue weighted by molar-refractivity contribution is 5.92. The molecule has 0 aromatic carbocycles. The van der Waals surface area contributed by atoms with Gasteiger partial charge in [-0.05, 0) is 18.9 Å². The number of nitrogens with zero attached hydrogens (tertiary/aromatic N) is 1. The SMILES string of the molecule is CCC(CC)OC(=O)[C@@H](O)CC(=O)OC[C@H]1O[C@@H]([n+]2cccc(C(N)=O)c2)C(OC(C)=O)[C@@H]1C. The fraction of sp³-hybridized carbons (Fsp3) is 0.609. The van der Waals surface area contributed by atoms with Gasteiger partial charge in [0.1, 0.15) is 24.4 Å². The highest BCUT2D eigenvalue weighted by Gasteiger charge is 2.50. The van der Waals surface area contributed by atoms with E-state index in [0.29, 0.717) is 12.8 Å². The van der Waals surface area contributed by atoms with Gasteiger partial charge in [0.15, 0.2) is 24.6 Å². The molecule has 0 aliphatic carbocycles. The summed E-state index contributed by atoms with van der Waals surface area (Å²) in [5.41, 5.74) is 5.59. The summed E-state index contributed by atoms with van der Waals surface area (Å²) < 4.78 is 23.4. The van der Waals surface area contributed by atoms with Crippen LogP contribution in [0.2, 0.25) is 0 Å². The second kappa shape index (κ2) is 12.4. The molecule has 1 fully saturated rings. The molecular weight excluding hydrogens is 448 g/mol. The smallest absolute Gasteiger partial charge is 0.335 e. The van der Waals surface area contributed by atoms with Crippen molar-refractivity contribution in [1.82, 2.24) is 0 Å². The first-order valence-corrected chi connectivity index (χ1v) is 11.2. The summed E-state index contributed by atoms with van der Waals surface area (Å²) in [4.78, 5) is 47.3. The Hall–Kier alpha value is -3.05. The zero-order chi connectivity index (χ0) is 25.4. The van der Waals surface area contributed by atoms with Crippen LogP contribution in [0.5, 0.6) is 0 Å². The van der Waals surface area contributed by atoms with Crippen LogP contribution < -0.4 is 10.3 Å². The van der Waals surface area contributed by atoms with Crippen LogP contribution >= 0.6 is 0 Å². The van der Waals surface area contributed by atoms with Gasteiger partial charge in [-0.1, -0.05) is 20.8 Å². The maximum Gasteiger partial charge on any atom is 0.335 e. The van der Waals surface area contributed by atoms with E-state index >= 15 is 0 Å². The van der Waals surface area contributed by atoms with Crippen molar-refractivity contribution in [3.63, 3.8) is 0 Å². The zero-order valence-electron chi connectivity index (χ0n) is 19.8. The number of carbonyl (C=O) groups is 4. The van der Waals surface area contributed by atoms with Crippen LogP contribution in [0.4, 0.5) is 0 Å². The fourth-order valence-corrected chi connectivity index (χ4v) is 3.61. The Bertz CT molecular complexity index is 887. The van der Waals surface area contributed by atoms with Crippen molar-refractivity contribution < 1.29 is 47.8 Å². The lowest BCUT2D eigenvalue weighted by Crippen LogP contribution is -2.46. The number of pyridine rings is 1. The number of nitrogens with two attached hydrogens (primary N) is 1. The largest absolute Gasteiger partial charge is 0.463 e. The van der Waals surface area contributed by atoms with Gasteiger partial charge >= 0.3 is 24.1 Å². The molecule has 1 aliphatic heterocycles. The summed E-state index contributed by atoms with van der Waals surface area (Å²) in [5, 5.41) is 9.97. The average Bonchev–Trinajstić information content (AvgIpc) is 3.10. The summed E-state index contributed by atoms with van der Waals surface area (Å²) in [6.45, 7) is 6.54. The number of aromatic nitrogens is 1. The van der Waals surface area contributed by atoms with Crippen molar-refractivity contribution in [3.8, 4) is 0 Å². The van der Waals surface area contributed by atoms with Crippen LogP contribution in [0.25, 0.3) is 0 Å². The maximum atomic E-state index is 12.2. The Kier molecular flexibility index (Phi) is 9.94. The highest BCUT2D eigenvalue weighted by atomic mass is 16.6. The summed E-state index contributed by atoms with van der Waals surface area (Å²) >= 11 is 0. The van der Waals surface area contributed by atoms with Crippen LogP contribution in [-0.2, 0) is 33.3 Å². The molecule has 5 atom stereocenters. The molecule has 1 unspecified atom stereocenters. The molecule has 34 heavy (non-hydrogen) atoms. The van der Waals surface area contributed by atoms with E-state index in [2.05, 4.69) is 0 Å². The van der Waals surface area contributed by atoms with Crippen molar-refractivity contribution in [2.75, 3.05) is 6.61 Å². The van der Waals surface area contributed by atoms with Crippen LogP contribution in [0.15, 0.2) is 24.5 Å². The van der Waals surface area contributed by atoms with Crippen molar-refractivity contribution in [2.45, 2.75) is 77.6 Å². The van der Waals surface area contributed by atoms with Crippen LogP contribution in [0.1, 0.15) is 63.5 Å². The van der Waals surface area contributed by atoms with Gasteiger partial charge in [0, 0.05) is 18.9 Å². The third-order valence-electron chi connectivity index (χ3n) is 5.64. The topological polar surface area (TPSA) is 155 Å². The van der Waals surface area contributed by atoms with Gasteiger partial charge in [-0.15, -0.1) is 0 Å². The summed E-state index contributed by atoms with van der Waals surface area (Å²) in [5.74, 6) is -3.21. The van der Waals surface area contributed by atoms with Crippen LogP contribution in [0, 0.1) is 5.92 Å². The van der Waals surface area contributed by atoms with E-state index in [1.54, 1.807) is 23.8 Å². The lowest BCUT2D eigenvalue weighted by Gasteiger charge is -2.18. The minimum Gasteiger partial charge on any atom is -0.463 e. The van der Waals surface area contributed by atoms with E-state index in [9.17, 15) is 24.3 Å². The predicted molar refractivity (Wildman–Crippen MR) is 116 cm³/mol. The number of ether oxygens (including phenoxy) is 4. The van der Waals surface area contributed by atoms with Gasteiger partial charge in [-0.25, -0.2) is 4.79 Å². The van der Waals surface area contributed by atoms with Gasteiger partial charge < -0.3 is 29.8 Å². The van der Waals surface area contributed by atoms with Gasteiger partial charge in [0.2, 0.25) is 0 Å². The van der Waals surface area contributed by atoms with E-state index in [0.717, 1.165) is 0 Å². The maximum absolute atomic E-state index is 12.2. The van der Waals surface area contributed by atoms with Crippen molar-refractivity contribution in [1.29, 1.82) is 0 Å². The average molecular weight is 482 g/mol. The summed E-state index contributed by atoms with van der Waals surface area (Å²) in [6, 6.07) is 3.14. The summed E-state index contributed by atoms with van der Waals surface area (Å²) in [6.07, 6.45) is -0.387. The number of hydrogen-bond acceptors (Lipinski definition) is 9. The molecule has 0 saturated carbocycles. The van der Waals surface area contributed by atoms with Gasteiger partial charge in [0.25, 0.3) is 5.91 Å². The molecule has 11 nitrogen and oxygen atoms in total. The predicted octanol–water partition coefficient (Wildman–Crippen LogP) is 0.564. The van der Waals surface area contributed by atoms with E-state index in [4.69, 9.17) is 24.7 Å². The molecule has 1 aromatic heterocycles. The molecule has 2 rings (SSSR count). The zero-order valence-corrected chi connectivity index (χ0v) is 19.8. The monoisotopic (exact) mass is 481 g/mol. The third-order valence-corrected chi connectivity index (χ3v) is 5.64. The molecule has 1 amide bonds. The van der Waals surface area contributed by atoms with Gasteiger partial charge in [-0.3, -0.25) is 14.4 Å². The van der Waals surface area contributed by atoms with Crippen LogP contribution in [-0.4, -0.2) is 59.9 Å². The van der Waals surface area contributed by atoms with E-state index in [1.165, 1.54) is 19.2 Å². The molecule has 0 spiro atoms. The molecule has 1 aromatic rings. The number of aliphatic hydroxyl groups is 1. The van der Waals surface area contributed by atoms with Crippen molar-refractivity contribution in [2.24, 2.45) is 11.7 Å². The van der Waals surface area contributed by atoms with Crippen molar-refractivity contribution in [3.05, 3.63) is 30.1 Å². The molecule has 0 radical (unpaired) electrons. The number of rotatable bonds is 11. The molecule has 0 bridgehead atoms.